The summed E-state index contributed by atoms with van der Waals surface area (Å²) in [6, 6.07) is 16.1. The molecule has 0 unspecified atom stereocenters. The van der Waals surface area contributed by atoms with Gasteiger partial charge in [-0.1, -0.05) is 17.7 Å². The molecule has 8 nitrogen and oxygen atoms in total. The molecule has 0 saturated heterocycles. The Kier molecular flexibility index (Phi) is 7.57. The molecule has 2 heterocycles. The second-order valence-electron chi connectivity index (χ2n) is 9.11. The molecule has 0 atom stereocenters. The van der Waals surface area contributed by atoms with Crippen LogP contribution < -0.4 is 15.8 Å². The molecule has 4 aromatic rings. The normalized spacial score (nSPS) is 10.7. The molecule has 1 N–H and O–H groups in total. The molecule has 0 fully saturated rings. The van der Waals surface area contributed by atoms with Gasteiger partial charge in [-0.3, -0.25) is 23.9 Å². The lowest BCUT2D eigenvalue weighted by Gasteiger charge is -2.22. The summed E-state index contributed by atoms with van der Waals surface area (Å²) >= 11 is 0. The number of benzene rings is 2. The Morgan fingerprint density at radius 3 is 2.49 bits per heavy atom. The van der Waals surface area contributed by atoms with Crippen LogP contribution >= 0.6 is 0 Å². The number of carbonyl (C=O) groups is 2. The number of carbonyl (C=O) groups excluding carboxylic acids is 2. The highest BCUT2D eigenvalue weighted by molar-refractivity contribution is 6.02. The highest BCUT2D eigenvalue weighted by Gasteiger charge is 2.17. The third-order valence-electron chi connectivity index (χ3n) is 6.00. The number of pyridine rings is 1. The predicted octanol–water partition coefficient (Wildman–Crippen LogP) is 4.07. The number of aryl methyl sites for hydroxylation is 1. The second kappa shape index (κ2) is 11.0. The number of anilines is 1. The van der Waals surface area contributed by atoms with E-state index in [0.717, 1.165) is 16.7 Å². The lowest BCUT2D eigenvalue weighted by Crippen LogP contribution is -2.29. The van der Waals surface area contributed by atoms with Gasteiger partial charge in [-0.25, -0.2) is 4.98 Å². The van der Waals surface area contributed by atoms with E-state index in [1.54, 1.807) is 73.7 Å². The predicted molar refractivity (Wildman–Crippen MR) is 144 cm³/mol. The van der Waals surface area contributed by atoms with E-state index in [1.165, 1.54) is 4.57 Å². The second-order valence-corrected chi connectivity index (χ2v) is 9.11. The van der Waals surface area contributed by atoms with E-state index < -0.39 is 0 Å². The summed E-state index contributed by atoms with van der Waals surface area (Å²) in [5.41, 5.74) is 4.18. The zero-order chi connectivity index (χ0) is 26.5. The van der Waals surface area contributed by atoms with E-state index in [9.17, 15) is 14.4 Å². The summed E-state index contributed by atoms with van der Waals surface area (Å²) in [5, 5.41) is 3.38. The molecule has 0 spiro atoms. The van der Waals surface area contributed by atoms with Crippen molar-refractivity contribution in [3.8, 4) is 0 Å². The highest BCUT2D eigenvalue weighted by Crippen LogP contribution is 2.21. The van der Waals surface area contributed by atoms with E-state index in [2.05, 4.69) is 15.3 Å². The van der Waals surface area contributed by atoms with Crippen molar-refractivity contribution in [1.82, 2.24) is 19.9 Å². The van der Waals surface area contributed by atoms with Crippen molar-refractivity contribution in [3.63, 3.8) is 0 Å². The Hall–Kier alpha value is -4.59. The number of allylic oxidation sites excluding steroid dienone is 1. The molecule has 0 radical (unpaired) electrons. The van der Waals surface area contributed by atoms with Crippen LogP contribution in [-0.2, 0) is 24.9 Å². The molecule has 2 amide bonds. The number of hydrogen-bond acceptors (Lipinski definition) is 5. The van der Waals surface area contributed by atoms with Crippen LogP contribution in [0.15, 0.2) is 83.4 Å². The van der Waals surface area contributed by atoms with Crippen LogP contribution in [-0.4, -0.2) is 26.3 Å². The van der Waals surface area contributed by atoms with E-state index >= 15 is 0 Å². The quantitative estimate of drug-likeness (QED) is 0.390. The number of fused-ring (bicyclic) bond motifs is 1. The topological polar surface area (TPSA) is 97.2 Å². The average Bonchev–Trinajstić information content (AvgIpc) is 2.89. The Labute approximate surface area is 215 Å². The van der Waals surface area contributed by atoms with Crippen molar-refractivity contribution < 1.29 is 9.59 Å². The number of nitrogens with one attached hydrogen (secondary N) is 1. The molecule has 188 valence electrons. The minimum absolute atomic E-state index is 0.131. The van der Waals surface area contributed by atoms with Crippen LogP contribution in [0.3, 0.4) is 0 Å². The van der Waals surface area contributed by atoms with Crippen LogP contribution in [0.4, 0.5) is 5.69 Å². The van der Waals surface area contributed by atoms with Gasteiger partial charge in [0, 0.05) is 43.3 Å². The fourth-order valence-corrected chi connectivity index (χ4v) is 3.91. The smallest absolute Gasteiger partial charge is 0.261 e. The number of nitrogens with zero attached hydrogens (tertiary/aromatic N) is 4. The zero-order valence-electron chi connectivity index (χ0n) is 21.4. The molecule has 2 aromatic heterocycles. The Morgan fingerprint density at radius 1 is 1.05 bits per heavy atom. The minimum Gasteiger partial charge on any atom is -0.348 e. The number of amides is 2. The zero-order valence-corrected chi connectivity index (χ0v) is 21.4. The van der Waals surface area contributed by atoms with Crippen LogP contribution in [0.25, 0.3) is 10.9 Å². The van der Waals surface area contributed by atoms with Gasteiger partial charge in [-0.15, -0.1) is 0 Å². The van der Waals surface area contributed by atoms with Gasteiger partial charge in [0.25, 0.3) is 17.4 Å². The van der Waals surface area contributed by atoms with Gasteiger partial charge in [0.1, 0.15) is 5.82 Å². The van der Waals surface area contributed by atoms with Crippen LogP contribution in [0.1, 0.15) is 41.2 Å². The van der Waals surface area contributed by atoms with Gasteiger partial charge in [0.05, 0.1) is 17.4 Å². The van der Waals surface area contributed by atoms with Crippen molar-refractivity contribution in [1.29, 1.82) is 0 Å². The van der Waals surface area contributed by atoms with E-state index in [-0.39, 0.29) is 23.9 Å². The molecule has 0 bridgehead atoms. The summed E-state index contributed by atoms with van der Waals surface area (Å²) in [6.07, 6.45) is 4.96. The summed E-state index contributed by atoms with van der Waals surface area (Å²) in [4.78, 5) is 48.7. The van der Waals surface area contributed by atoms with Crippen LogP contribution in [0.5, 0.6) is 0 Å². The van der Waals surface area contributed by atoms with Crippen molar-refractivity contribution in [2.75, 3.05) is 4.90 Å². The molecule has 8 heteroatoms. The largest absolute Gasteiger partial charge is 0.348 e. The molecule has 2 aromatic carbocycles. The monoisotopic (exact) mass is 495 g/mol. The standard InChI is InChI=1S/C29H29N5O3/c1-19(2)14-27(35)34(18-21-7-12-26-25(15-21)29(37)33(4)20(3)32-26)24-10-8-23(9-11-24)28(36)31-17-22-6-5-13-30-16-22/h5-16H,17-18H2,1-4H3,(H,31,36). The number of aromatic nitrogens is 3. The van der Waals surface area contributed by atoms with E-state index in [1.807, 2.05) is 32.0 Å². The number of rotatable bonds is 7. The number of hydrogen-bond donors (Lipinski definition) is 1. The maximum atomic E-state index is 13.2. The molecule has 0 aliphatic carbocycles. The van der Waals surface area contributed by atoms with Gasteiger partial charge < -0.3 is 10.2 Å². The van der Waals surface area contributed by atoms with E-state index in [4.69, 9.17) is 0 Å². The first-order valence-electron chi connectivity index (χ1n) is 11.9. The minimum atomic E-state index is -0.217. The highest BCUT2D eigenvalue weighted by atomic mass is 16.2. The van der Waals surface area contributed by atoms with Gasteiger partial charge in [0.2, 0.25) is 0 Å². The lowest BCUT2D eigenvalue weighted by molar-refractivity contribution is -0.114. The summed E-state index contributed by atoms with van der Waals surface area (Å²) in [7, 11) is 1.69. The van der Waals surface area contributed by atoms with Crippen molar-refractivity contribution in [2.45, 2.75) is 33.9 Å². The Bertz CT molecular complexity index is 1540. The van der Waals surface area contributed by atoms with Crippen molar-refractivity contribution in [3.05, 3.63) is 112 Å². The van der Waals surface area contributed by atoms with Gasteiger partial charge in [-0.2, -0.15) is 0 Å². The summed E-state index contributed by atoms with van der Waals surface area (Å²) in [6.45, 7) is 6.13. The molecular weight excluding hydrogens is 466 g/mol. The Balaban J connectivity index is 1.59. The fraction of sp³-hybridized carbons (Fsp3) is 0.207. The van der Waals surface area contributed by atoms with Gasteiger partial charge >= 0.3 is 0 Å². The van der Waals surface area contributed by atoms with Crippen molar-refractivity contribution >= 4 is 28.4 Å². The fourth-order valence-electron chi connectivity index (χ4n) is 3.91. The van der Waals surface area contributed by atoms with E-state index in [0.29, 0.717) is 34.5 Å². The third kappa shape index (κ3) is 5.98. The van der Waals surface area contributed by atoms with Gasteiger partial charge in [0.15, 0.2) is 0 Å². The first kappa shape index (κ1) is 25.5. The van der Waals surface area contributed by atoms with Crippen LogP contribution in [0.2, 0.25) is 0 Å². The third-order valence-corrected chi connectivity index (χ3v) is 6.00. The molecule has 0 aliphatic rings. The summed E-state index contributed by atoms with van der Waals surface area (Å²) < 4.78 is 1.51. The van der Waals surface area contributed by atoms with Crippen LogP contribution in [0, 0.1) is 6.92 Å². The molecule has 37 heavy (non-hydrogen) atoms. The molecular formula is C29H29N5O3. The maximum absolute atomic E-state index is 13.2. The first-order chi connectivity index (χ1) is 17.7. The van der Waals surface area contributed by atoms with Gasteiger partial charge in [-0.05, 0) is 74.4 Å². The maximum Gasteiger partial charge on any atom is 0.261 e. The van der Waals surface area contributed by atoms with Crippen molar-refractivity contribution in [2.24, 2.45) is 7.05 Å². The average molecular weight is 496 g/mol. The lowest BCUT2D eigenvalue weighted by atomic mass is 10.1. The SMILES string of the molecule is CC(C)=CC(=O)N(Cc1ccc2nc(C)n(C)c(=O)c2c1)c1ccc(C(=O)NCc2cccnc2)cc1. The molecule has 0 saturated carbocycles. The summed E-state index contributed by atoms with van der Waals surface area (Å²) in [5.74, 6) is 0.227. The molecule has 4 rings (SSSR count). The first-order valence-corrected chi connectivity index (χ1v) is 11.9. The molecule has 0 aliphatic heterocycles. The Morgan fingerprint density at radius 2 is 1.81 bits per heavy atom.